The Morgan fingerprint density at radius 3 is 2.40 bits per heavy atom. The van der Waals surface area contributed by atoms with Crippen molar-refractivity contribution in [2.24, 2.45) is 0 Å². The van der Waals surface area contributed by atoms with Gasteiger partial charge in [-0.1, -0.05) is 18.2 Å². The van der Waals surface area contributed by atoms with Crippen LogP contribution >= 0.6 is 0 Å². The number of nitrogens with one attached hydrogen (secondary N) is 1. The molecule has 0 spiro atoms. The Balaban J connectivity index is 2.38. The molecule has 2 N–H and O–H groups in total. The summed E-state index contributed by atoms with van der Waals surface area (Å²) >= 11 is 0. The average Bonchev–Trinajstić information content (AvgIpc) is 2.70. The number of hydrogen-bond donors (Lipinski definition) is 2. The predicted molar refractivity (Wildman–Crippen MR) is 102 cm³/mol. The number of aliphatic carboxylic acids is 1. The number of nitrogens with zero attached hydrogens (tertiary/aromatic N) is 1. The molecule has 9 nitrogen and oxygen atoms in total. The second-order valence-electron chi connectivity index (χ2n) is 6.26. The molecule has 0 unspecified atom stereocenters. The van der Waals surface area contributed by atoms with Crippen molar-refractivity contribution in [1.82, 2.24) is 5.32 Å². The van der Waals surface area contributed by atoms with Crippen LogP contribution in [0.15, 0.2) is 48.5 Å². The van der Waals surface area contributed by atoms with Crippen molar-refractivity contribution in [3.05, 3.63) is 75.6 Å². The topological polar surface area (TPSA) is 136 Å². The average molecular weight is 418 g/mol. The molecule has 0 aliphatic rings. The first-order valence-electron chi connectivity index (χ1n) is 8.92. The maximum atomic E-state index is 13.4. The quantitative estimate of drug-likeness (QED) is 0.363. The fourth-order valence-electron chi connectivity index (χ4n) is 2.86. The van der Waals surface area contributed by atoms with Gasteiger partial charge in [0.25, 0.3) is 11.6 Å². The molecule has 0 heterocycles. The van der Waals surface area contributed by atoms with E-state index >= 15 is 0 Å². The van der Waals surface area contributed by atoms with Crippen LogP contribution in [0.4, 0.5) is 10.1 Å². The highest BCUT2D eigenvalue weighted by Crippen LogP contribution is 2.27. The Bertz CT molecular complexity index is 946. The fourth-order valence-corrected chi connectivity index (χ4v) is 2.86. The van der Waals surface area contributed by atoms with Crippen LogP contribution < -0.4 is 5.32 Å². The Labute approximate surface area is 170 Å². The first-order valence-corrected chi connectivity index (χ1v) is 8.92. The molecule has 158 valence electrons. The number of nitro groups is 1. The van der Waals surface area contributed by atoms with Crippen molar-refractivity contribution in [2.45, 2.75) is 25.3 Å². The lowest BCUT2D eigenvalue weighted by Gasteiger charge is -2.25. The van der Waals surface area contributed by atoms with E-state index in [-0.39, 0.29) is 23.4 Å². The molecular weight excluding hydrogens is 399 g/mol. The number of carboxylic acids is 1. The highest BCUT2D eigenvalue weighted by molar-refractivity contribution is 5.97. The monoisotopic (exact) mass is 418 g/mol. The third-order valence-electron chi connectivity index (χ3n) is 4.27. The van der Waals surface area contributed by atoms with Crippen molar-refractivity contribution >= 4 is 23.5 Å². The van der Waals surface area contributed by atoms with Gasteiger partial charge in [0.15, 0.2) is 0 Å². The van der Waals surface area contributed by atoms with Crippen molar-refractivity contribution in [3.8, 4) is 0 Å². The lowest BCUT2D eigenvalue weighted by atomic mass is 9.88. The van der Waals surface area contributed by atoms with Crippen molar-refractivity contribution in [1.29, 1.82) is 0 Å². The van der Waals surface area contributed by atoms with Gasteiger partial charge < -0.3 is 15.2 Å². The van der Waals surface area contributed by atoms with E-state index in [2.05, 4.69) is 5.32 Å². The molecule has 0 radical (unpaired) electrons. The normalized spacial score (nSPS) is 12.5. The van der Waals surface area contributed by atoms with E-state index in [1.807, 2.05) is 0 Å². The summed E-state index contributed by atoms with van der Waals surface area (Å²) in [5, 5.41) is 22.9. The van der Waals surface area contributed by atoms with Gasteiger partial charge in [-0.05, 0) is 30.7 Å². The van der Waals surface area contributed by atoms with Crippen molar-refractivity contribution < 1.29 is 33.5 Å². The van der Waals surface area contributed by atoms with Gasteiger partial charge in [0, 0.05) is 23.6 Å². The van der Waals surface area contributed by atoms with E-state index in [0.29, 0.717) is 0 Å². The molecule has 2 aromatic rings. The lowest BCUT2D eigenvalue weighted by Crippen LogP contribution is -2.45. The summed E-state index contributed by atoms with van der Waals surface area (Å²) in [7, 11) is 0. The summed E-state index contributed by atoms with van der Waals surface area (Å²) in [6, 6.07) is 8.06. The van der Waals surface area contributed by atoms with Crippen LogP contribution in [0.5, 0.6) is 0 Å². The number of carbonyl (C=O) groups is 3. The zero-order valence-corrected chi connectivity index (χ0v) is 15.9. The fraction of sp³-hybridized carbons (Fsp3) is 0.250. The van der Waals surface area contributed by atoms with Crippen molar-refractivity contribution in [3.63, 3.8) is 0 Å². The minimum atomic E-state index is -1.58. The Morgan fingerprint density at radius 2 is 1.87 bits per heavy atom. The number of non-ortho nitro benzene ring substituents is 1. The molecule has 2 atom stereocenters. The van der Waals surface area contributed by atoms with Gasteiger partial charge in [0.05, 0.1) is 18.0 Å². The largest absolute Gasteiger partial charge is 0.480 e. The van der Waals surface area contributed by atoms with Gasteiger partial charge in [0.2, 0.25) is 0 Å². The molecule has 2 rings (SSSR count). The second-order valence-corrected chi connectivity index (χ2v) is 6.26. The molecule has 2 aromatic carbocycles. The third-order valence-corrected chi connectivity index (χ3v) is 4.27. The molecule has 0 aliphatic heterocycles. The van der Waals surface area contributed by atoms with Gasteiger partial charge in [-0.25, -0.2) is 9.18 Å². The lowest BCUT2D eigenvalue weighted by molar-refractivity contribution is -0.384. The number of ether oxygens (including phenoxy) is 1. The standard InChI is InChI=1S/C20H19FN2O7/c1-2-30-17(24)11-16(12-6-8-15(9-7-12)23(28)29)18(20(26)27)22-19(25)13-4-3-5-14(21)10-13/h3-10,16,18H,2,11H2,1H3,(H,22,25)(H,26,27)/t16-,18-/m0/s1. The van der Waals surface area contributed by atoms with Gasteiger partial charge in [0.1, 0.15) is 11.9 Å². The first-order chi connectivity index (χ1) is 14.2. The van der Waals surface area contributed by atoms with E-state index in [1.54, 1.807) is 6.92 Å². The minimum Gasteiger partial charge on any atom is -0.480 e. The number of nitro benzene ring substituents is 1. The summed E-state index contributed by atoms with van der Waals surface area (Å²) in [6.45, 7) is 1.65. The predicted octanol–water partition coefficient (Wildman–Crippen LogP) is 2.65. The van der Waals surface area contributed by atoms with Gasteiger partial charge in [-0.3, -0.25) is 19.7 Å². The molecular formula is C20H19FN2O7. The summed E-state index contributed by atoms with van der Waals surface area (Å²) in [5.74, 6) is -4.75. The number of carbonyl (C=O) groups excluding carboxylic acids is 2. The third kappa shape index (κ3) is 5.84. The number of rotatable bonds is 9. The van der Waals surface area contributed by atoms with Crippen LogP contribution in [-0.2, 0) is 14.3 Å². The van der Waals surface area contributed by atoms with E-state index in [9.17, 15) is 34.0 Å². The highest BCUT2D eigenvalue weighted by Gasteiger charge is 2.33. The van der Waals surface area contributed by atoms with Crippen molar-refractivity contribution in [2.75, 3.05) is 6.61 Å². The van der Waals surface area contributed by atoms with Crippen LogP contribution in [-0.4, -0.2) is 40.5 Å². The summed E-state index contributed by atoms with van der Waals surface area (Å²) < 4.78 is 18.3. The number of benzene rings is 2. The first kappa shape index (κ1) is 22.5. The van der Waals surface area contributed by atoms with Crippen LogP contribution in [0.25, 0.3) is 0 Å². The number of amides is 1. The van der Waals surface area contributed by atoms with Gasteiger partial charge in [-0.2, -0.15) is 0 Å². The molecule has 10 heteroatoms. The Hall–Kier alpha value is -3.82. The molecule has 0 saturated heterocycles. The van der Waals surface area contributed by atoms with E-state index in [4.69, 9.17) is 4.74 Å². The van der Waals surface area contributed by atoms with Gasteiger partial charge >= 0.3 is 11.9 Å². The molecule has 0 fully saturated rings. The van der Waals surface area contributed by atoms with Crippen LogP contribution in [0, 0.1) is 15.9 Å². The number of halogens is 1. The summed E-state index contributed by atoms with van der Waals surface area (Å²) in [6.07, 6.45) is -0.397. The summed E-state index contributed by atoms with van der Waals surface area (Å²) in [5.41, 5.74) is -0.0373. The molecule has 1 amide bonds. The molecule has 0 bridgehead atoms. The van der Waals surface area contributed by atoms with Gasteiger partial charge in [-0.15, -0.1) is 0 Å². The summed E-state index contributed by atoms with van der Waals surface area (Å²) in [4.78, 5) is 46.7. The highest BCUT2D eigenvalue weighted by atomic mass is 19.1. The number of hydrogen-bond acceptors (Lipinski definition) is 6. The maximum absolute atomic E-state index is 13.4. The Morgan fingerprint density at radius 1 is 1.20 bits per heavy atom. The van der Waals surface area contributed by atoms with E-state index in [0.717, 1.165) is 12.1 Å². The Kier molecular flexibility index (Phi) is 7.56. The van der Waals surface area contributed by atoms with E-state index < -0.39 is 47.0 Å². The molecule has 0 aromatic heterocycles. The minimum absolute atomic E-state index is 0.0687. The van der Waals surface area contributed by atoms with Crippen LogP contribution in [0.2, 0.25) is 0 Å². The van der Waals surface area contributed by atoms with Crippen LogP contribution in [0.1, 0.15) is 35.2 Å². The van der Waals surface area contributed by atoms with Crippen LogP contribution in [0.3, 0.4) is 0 Å². The SMILES string of the molecule is CCOC(=O)C[C@@H](c1ccc([N+](=O)[O-])cc1)[C@H](NC(=O)c1cccc(F)c1)C(=O)O. The zero-order chi connectivity index (χ0) is 22.3. The smallest absolute Gasteiger partial charge is 0.326 e. The maximum Gasteiger partial charge on any atom is 0.326 e. The molecule has 30 heavy (non-hydrogen) atoms. The van der Waals surface area contributed by atoms with E-state index in [1.165, 1.54) is 36.4 Å². The second kappa shape index (κ2) is 10.1. The zero-order valence-electron chi connectivity index (χ0n) is 15.9. The number of carboxylic acid groups (broad SMARTS) is 1. The number of esters is 1. The molecule has 0 saturated carbocycles. The molecule has 0 aliphatic carbocycles.